The van der Waals surface area contributed by atoms with Crippen LogP contribution in [0.2, 0.25) is 0 Å². The fourth-order valence-corrected chi connectivity index (χ4v) is 12.1. The first-order valence-electron chi connectivity index (χ1n) is 32.2. The number of fused-ring (bicyclic) bond motifs is 1. The van der Waals surface area contributed by atoms with Crippen LogP contribution in [-0.2, 0) is 52.6 Å². The minimum atomic E-state index is -1.25. The molecule has 3 aliphatic heterocycles. The second-order valence-corrected chi connectivity index (χ2v) is 29.5. The minimum absolute atomic E-state index is 0.00200. The van der Waals surface area contributed by atoms with Crippen LogP contribution in [0.4, 0.5) is 22.4 Å². The van der Waals surface area contributed by atoms with Gasteiger partial charge in [-0.1, -0.05) is 66.5 Å². The standard InChI is InChI=1S/C69H98F4N8O14/c1-38(30-54(84)94-68(12,13)14)27-41(4)59(85)76-57(66(6,7)8)64(90)80-26-24-52-56(80)44(37-93-47-20-22-49(71)51(73)32-47)35-81(52)53(83)34-75-62(88)61(87)74-33-45(82)29-39(2)28-43(36-92-46-19-21-48(70)50(72)31-46)55-40(3)23-25-79(55)63(89)58(67(9,10)11)77-60(86)42(5)78(18)65(91)95-69(15,16)17/h19-22,29-32,40-44,52,55-58H,23-28,33-37H2,1-18H3,(H,74,87)(H,75,88)(H,76,85)(H,77,86). The third-order valence-electron chi connectivity index (χ3n) is 16.9. The van der Waals surface area contributed by atoms with Crippen molar-refractivity contribution < 1.29 is 84.5 Å². The van der Waals surface area contributed by atoms with Gasteiger partial charge in [0, 0.05) is 68.7 Å². The summed E-state index contributed by atoms with van der Waals surface area (Å²) in [6.07, 6.45) is 2.90. The number of nitrogens with one attached hydrogen (secondary N) is 4. The lowest BCUT2D eigenvalue weighted by Crippen LogP contribution is -2.60. The van der Waals surface area contributed by atoms with Crippen molar-refractivity contribution in [2.45, 2.75) is 191 Å². The van der Waals surface area contributed by atoms with Crippen molar-refractivity contribution in [3.63, 3.8) is 0 Å². The van der Waals surface area contributed by atoms with E-state index in [0.717, 1.165) is 29.2 Å². The van der Waals surface area contributed by atoms with Crippen molar-refractivity contribution in [2.75, 3.05) is 53.0 Å². The van der Waals surface area contributed by atoms with Crippen LogP contribution in [0.3, 0.4) is 0 Å². The maximum Gasteiger partial charge on any atom is 0.410 e. The van der Waals surface area contributed by atoms with Crippen LogP contribution in [0.1, 0.15) is 143 Å². The summed E-state index contributed by atoms with van der Waals surface area (Å²) in [7, 11) is 1.41. The topological polar surface area (TPSA) is 269 Å². The molecule has 2 aromatic rings. The number of allylic oxidation sites excluding steroid dienone is 2. The monoisotopic (exact) mass is 1340 g/mol. The normalized spacial score (nSPS) is 20.1. The lowest BCUT2D eigenvalue weighted by Gasteiger charge is -2.40. The van der Waals surface area contributed by atoms with E-state index in [1.54, 1.807) is 114 Å². The number of hydrogen-bond acceptors (Lipinski definition) is 14. The van der Waals surface area contributed by atoms with E-state index < -0.39 is 172 Å². The number of amides is 8. The number of benzene rings is 2. The van der Waals surface area contributed by atoms with Crippen molar-refractivity contribution in [2.24, 2.45) is 34.5 Å². The van der Waals surface area contributed by atoms with Crippen molar-refractivity contribution in [1.82, 2.24) is 40.9 Å². The molecule has 3 aliphatic rings. The summed E-state index contributed by atoms with van der Waals surface area (Å²) >= 11 is 0. The number of ether oxygens (including phenoxy) is 4. The van der Waals surface area contributed by atoms with Gasteiger partial charge >= 0.3 is 23.9 Å². The van der Waals surface area contributed by atoms with E-state index >= 15 is 0 Å². The zero-order chi connectivity index (χ0) is 71.6. The number of rotatable bonds is 24. The summed E-state index contributed by atoms with van der Waals surface area (Å²) in [4.78, 5) is 143. The van der Waals surface area contributed by atoms with Crippen LogP contribution >= 0.6 is 0 Å². The van der Waals surface area contributed by atoms with Crippen LogP contribution in [0.25, 0.3) is 0 Å². The fourth-order valence-electron chi connectivity index (χ4n) is 12.1. The molecule has 3 heterocycles. The van der Waals surface area contributed by atoms with E-state index in [1.165, 1.54) is 43.2 Å². The van der Waals surface area contributed by atoms with Crippen LogP contribution in [-0.4, -0.2) is 179 Å². The van der Waals surface area contributed by atoms with Gasteiger partial charge in [0.2, 0.25) is 29.5 Å². The molecule has 5 rings (SSSR count). The Hall–Kier alpha value is -8.06. The molecule has 2 aromatic carbocycles. The van der Waals surface area contributed by atoms with Gasteiger partial charge in [0.15, 0.2) is 29.1 Å². The van der Waals surface area contributed by atoms with Crippen LogP contribution in [0.15, 0.2) is 59.7 Å². The first kappa shape index (κ1) is 77.6. The lowest BCUT2D eigenvalue weighted by atomic mass is 9.83. The third kappa shape index (κ3) is 22.0. The Morgan fingerprint density at radius 3 is 1.67 bits per heavy atom. The van der Waals surface area contributed by atoms with E-state index in [0.29, 0.717) is 17.6 Å². The number of carbonyl (C=O) groups excluding carboxylic acids is 10. The molecule has 0 spiro atoms. The molecule has 95 heavy (non-hydrogen) atoms. The van der Waals surface area contributed by atoms with E-state index in [1.807, 2.05) is 6.92 Å². The summed E-state index contributed by atoms with van der Waals surface area (Å²) in [5.41, 5.74) is -2.21. The molecule has 526 valence electrons. The number of hydrogen-bond donors (Lipinski definition) is 4. The molecular formula is C69H98F4N8O14. The largest absolute Gasteiger partial charge is 0.493 e. The van der Waals surface area contributed by atoms with Crippen molar-refractivity contribution in [1.29, 1.82) is 0 Å². The molecule has 8 amide bonds. The molecule has 26 heteroatoms. The molecule has 0 bridgehead atoms. The zero-order valence-electron chi connectivity index (χ0n) is 58.2. The number of likely N-dealkylation sites (tertiary alicyclic amines) is 3. The molecular weight excluding hydrogens is 1240 g/mol. The van der Waals surface area contributed by atoms with Gasteiger partial charge in [0.05, 0.1) is 38.4 Å². The predicted molar refractivity (Wildman–Crippen MR) is 345 cm³/mol. The summed E-state index contributed by atoms with van der Waals surface area (Å²) in [6, 6.07) is 0.838. The third-order valence-corrected chi connectivity index (χ3v) is 16.9. The van der Waals surface area contributed by atoms with Gasteiger partial charge in [-0.05, 0) is 135 Å². The molecule has 22 nitrogen and oxygen atoms in total. The van der Waals surface area contributed by atoms with Gasteiger partial charge in [0.25, 0.3) is 0 Å². The maximum atomic E-state index is 14.9. The Morgan fingerprint density at radius 2 is 1.14 bits per heavy atom. The van der Waals surface area contributed by atoms with E-state index in [-0.39, 0.29) is 69.5 Å². The Balaban J connectivity index is 1.28. The molecule has 0 radical (unpaired) electrons. The quantitative estimate of drug-likeness (QED) is 0.0339. The average Bonchev–Trinajstić information content (AvgIpc) is 1.61. The van der Waals surface area contributed by atoms with Crippen LogP contribution in [0, 0.1) is 57.8 Å². The number of likely N-dealkylation sites (N-methyl/N-ethyl adjacent to an activating group) is 1. The molecule has 3 saturated heterocycles. The Bertz CT molecular complexity index is 3240. The van der Waals surface area contributed by atoms with Gasteiger partial charge in [-0.3, -0.25) is 43.3 Å². The molecule has 10 unspecified atom stereocenters. The first-order valence-corrected chi connectivity index (χ1v) is 32.2. The van der Waals surface area contributed by atoms with E-state index in [9.17, 15) is 65.5 Å². The number of esters is 1. The molecule has 10 atom stereocenters. The van der Waals surface area contributed by atoms with Gasteiger partial charge in [-0.2, -0.15) is 0 Å². The molecule has 3 fully saturated rings. The summed E-state index contributed by atoms with van der Waals surface area (Å²) < 4.78 is 79.5. The van der Waals surface area contributed by atoms with Crippen molar-refractivity contribution in [3.05, 3.63) is 83.0 Å². The maximum absolute atomic E-state index is 14.9. The summed E-state index contributed by atoms with van der Waals surface area (Å²) in [5.74, 6) is -12.9. The molecule has 0 aromatic heterocycles. The highest BCUT2D eigenvalue weighted by Gasteiger charge is 2.54. The SMILES string of the molecule is CC(=CC(=O)OC(C)(C)C)CC(C)C(=O)NC(C(=O)N1CCC2C1C(COc1ccc(F)c(F)c1)CN2C(=O)CNC(=O)C(=O)NCC(=O)C=C(C)CC(COc1ccc(F)c(F)c1)C1C(C)CCN1C(=O)C(NC(=O)C(C)N(C)C(=O)OC(C)(C)C)C(C)(C)C)C(C)(C)C. The van der Waals surface area contributed by atoms with Gasteiger partial charge in [0.1, 0.15) is 40.8 Å². The molecule has 0 aliphatic carbocycles. The van der Waals surface area contributed by atoms with Crippen LogP contribution in [0.5, 0.6) is 11.5 Å². The van der Waals surface area contributed by atoms with Crippen molar-refractivity contribution in [3.8, 4) is 11.5 Å². The molecule has 4 N–H and O–H groups in total. The first-order chi connectivity index (χ1) is 43.9. The minimum Gasteiger partial charge on any atom is -0.493 e. The smallest absolute Gasteiger partial charge is 0.410 e. The lowest BCUT2D eigenvalue weighted by molar-refractivity contribution is -0.148. The average molecular weight is 1340 g/mol. The van der Waals surface area contributed by atoms with Gasteiger partial charge in [-0.25, -0.2) is 27.2 Å². The second kappa shape index (κ2) is 32.1. The Labute approximate surface area is 555 Å². The number of carbonyl (C=O) groups is 10. The van der Waals surface area contributed by atoms with Gasteiger partial charge in [-0.15, -0.1) is 0 Å². The van der Waals surface area contributed by atoms with E-state index in [4.69, 9.17) is 18.9 Å². The number of halogens is 4. The van der Waals surface area contributed by atoms with Crippen molar-refractivity contribution >= 4 is 59.2 Å². The number of nitrogens with zero attached hydrogens (tertiary/aromatic N) is 4. The Kier molecular flexibility index (Phi) is 26.3. The van der Waals surface area contributed by atoms with E-state index in [2.05, 4.69) is 21.3 Å². The summed E-state index contributed by atoms with van der Waals surface area (Å²) in [5, 5.41) is 10.4. The predicted octanol–water partition coefficient (Wildman–Crippen LogP) is 7.75. The fraction of sp³-hybridized carbons (Fsp3) is 0.623. The molecule has 0 saturated carbocycles. The Morgan fingerprint density at radius 1 is 0.632 bits per heavy atom. The second-order valence-electron chi connectivity index (χ2n) is 29.5. The zero-order valence-corrected chi connectivity index (χ0v) is 58.2. The van der Waals surface area contributed by atoms with Crippen LogP contribution < -0.4 is 30.7 Å². The summed E-state index contributed by atoms with van der Waals surface area (Å²) in [6.45, 7) is 28.1. The highest BCUT2D eigenvalue weighted by molar-refractivity contribution is 6.35. The number of ketones is 1. The van der Waals surface area contributed by atoms with Gasteiger partial charge < -0.3 is 54.9 Å². The highest BCUT2D eigenvalue weighted by Crippen LogP contribution is 2.39. The highest BCUT2D eigenvalue weighted by atomic mass is 19.2.